The minimum absolute atomic E-state index is 0.546. The maximum absolute atomic E-state index is 4.00. The van der Waals surface area contributed by atoms with Crippen LogP contribution in [0.3, 0.4) is 0 Å². The fourth-order valence-electron chi connectivity index (χ4n) is 1.39. The third-order valence-corrected chi connectivity index (χ3v) is 2.28. The minimum atomic E-state index is 0.546. The lowest BCUT2D eigenvalue weighted by Crippen LogP contribution is -2.34. The molecule has 0 unspecified atom stereocenters. The molecule has 0 aromatic carbocycles. The van der Waals surface area contributed by atoms with Gasteiger partial charge in [-0.2, -0.15) is 0 Å². The molecule has 0 spiro atoms. The number of hydrogen-bond donors (Lipinski definition) is 0. The molecule has 0 rings (SSSR count). The van der Waals surface area contributed by atoms with Gasteiger partial charge in [0, 0.05) is 6.04 Å². The van der Waals surface area contributed by atoms with Crippen molar-refractivity contribution in [3.8, 4) is 0 Å². The molecular formula is C11H23N. The average Bonchev–Trinajstić information content (AvgIpc) is 2.03. The van der Waals surface area contributed by atoms with E-state index in [9.17, 15) is 0 Å². The molecule has 12 heavy (non-hydrogen) atoms. The summed E-state index contributed by atoms with van der Waals surface area (Å²) in [5.74, 6) is 0. The van der Waals surface area contributed by atoms with Gasteiger partial charge in [0.2, 0.25) is 0 Å². The summed E-state index contributed by atoms with van der Waals surface area (Å²) in [7, 11) is 0. The molecule has 0 N–H and O–H groups in total. The Labute approximate surface area is 77.5 Å². The van der Waals surface area contributed by atoms with Gasteiger partial charge in [0.25, 0.3) is 0 Å². The van der Waals surface area contributed by atoms with Gasteiger partial charge in [-0.1, -0.05) is 26.0 Å². The first kappa shape index (κ1) is 11.7. The molecule has 0 heterocycles. The van der Waals surface area contributed by atoms with Gasteiger partial charge in [-0.15, -0.1) is 0 Å². The summed E-state index contributed by atoms with van der Waals surface area (Å²) in [5, 5.41) is 0. The molecule has 0 aliphatic carbocycles. The Balaban J connectivity index is 3.98. The molecule has 0 radical (unpaired) electrons. The lowest BCUT2D eigenvalue weighted by Gasteiger charge is -2.28. The van der Waals surface area contributed by atoms with Crippen molar-refractivity contribution < 1.29 is 0 Å². The van der Waals surface area contributed by atoms with E-state index in [-0.39, 0.29) is 0 Å². The fraction of sp³-hybridized carbons (Fsp3) is 0.818. The molecule has 0 aromatic rings. The van der Waals surface area contributed by atoms with Gasteiger partial charge in [-0.05, 0) is 39.8 Å². The first-order valence-corrected chi connectivity index (χ1v) is 5.02. The van der Waals surface area contributed by atoms with Crippen molar-refractivity contribution >= 4 is 0 Å². The second-order valence-electron chi connectivity index (χ2n) is 3.56. The molecule has 1 nitrogen and oxygen atoms in total. The average molecular weight is 169 g/mol. The largest absolute Gasteiger partial charge is 0.297 e. The van der Waals surface area contributed by atoms with E-state index in [0.717, 1.165) is 0 Å². The first-order valence-electron chi connectivity index (χ1n) is 5.02. The van der Waals surface area contributed by atoms with Crippen LogP contribution in [-0.4, -0.2) is 24.0 Å². The van der Waals surface area contributed by atoms with Gasteiger partial charge in [-0.25, -0.2) is 0 Å². The second kappa shape index (κ2) is 6.24. The zero-order chi connectivity index (χ0) is 9.56. The van der Waals surface area contributed by atoms with Crippen LogP contribution in [0.2, 0.25) is 0 Å². The summed E-state index contributed by atoms with van der Waals surface area (Å²) in [6.07, 6.45) is 2.47. The highest BCUT2D eigenvalue weighted by Crippen LogP contribution is 2.08. The molecule has 1 heteroatoms. The smallest absolute Gasteiger partial charge is 0.0273 e. The van der Waals surface area contributed by atoms with E-state index < -0.39 is 0 Å². The molecule has 0 bridgehead atoms. The fourth-order valence-corrected chi connectivity index (χ4v) is 1.39. The molecule has 0 saturated carbocycles. The summed E-state index contributed by atoms with van der Waals surface area (Å²) in [6.45, 7) is 15.2. The van der Waals surface area contributed by atoms with E-state index in [1.807, 2.05) is 0 Å². The Hall–Kier alpha value is -0.300. The van der Waals surface area contributed by atoms with E-state index in [4.69, 9.17) is 0 Å². The minimum Gasteiger partial charge on any atom is -0.297 e. The molecule has 72 valence electrons. The Kier molecular flexibility index (Phi) is 6.09. The highest BCUT2D eigenvalue weighted by molar-refractivity contribution is 4.99. The van der Waals surface area contributed by atoms with Crippen LogP contribution in [0.5, 0.6) is 0 Å². The van der Waals surface area contributed by atoms with Crippen molar-refractivity contribution in [3.05, 3.63) is 12.2 Å². The summed E-state index contributed by atoms with van der Waals surface area (Å²) in [5.41, 5.74) is 1.27. The predicted octanol–water partition coefficient (Wildman–Crippen LogP) is 3.07. The number of hydrogen-bond acceptors (Lipinski definition) is 1. The topological polar surface area (TPSA) is 3.24 Å². The van der Waals surface area contributed by atoms with E-state index in [0.29, 0.717) is 6.04 Å². The van der Waals surface area contributed by atoms with Gasteiger partial charge >= 0.3 is 0 Å². The molecule has 0 amide bonds. The molecule has 0 saturated heterocycles. The van der Waals surface area contributed by atoms with Gasteiger partial charge < -0.3 is 0 Å². The van der Waals surface area contributed by atoms with E-state index in [2.05, 4.69) is 39.2 Å². The van der Waals surface area contributed by atoms with Crippen LogP contribution >= 0.6 is 0 Å². The van der Waals surface area contributed by atoms with Gasteiger partial charge in [-0.3, -0.25) is 4.90 Å². The van der Waals surface area contributed by atoms with Crippen LogP contribution in [-0.2, 0) is 0 Å². The van der Waals surface area contributed by atoms with Gasteiger partial charge in [0.15, 0.2) is 0 Å². The molecule has 0 fully saturated rings. The van der Waals surface area contributed by atoms with Crippen LogP contribution in [0.4, 0.5) is 0 Å². The monoisotopic (exact) mass is 169 g/mol. The van der Waals surface area contributed by atoms with Crippen molar-refractivity contribution in [1.29, 1.82) is 0 Å². The zero-order valence-corrected chi connectivity index (χ0v) is 9.06. The Morgan fingerprint density at radius 3 is 1.92 bits per heavy atom. The van der Waals surface area contributed by atoms with Crippen LogP contribution in [0.25, 0.3) is 0 Å². The summed E-state index contributed by atoms with van der Waals surface area (Å²) < 4.78 is 0. The highest BCUT2D eigenvalue weighted by atomic mass is 15.1. The number of nitrogens with zero attached hydrogens (tertiary/aromatic N) is 1. The molecular weight excluding hydrogens is 146 g/mol. The summed E-state index contributed by atoms with van der Waals surface area (Å²) >= 11 is 0. The van der Waals surface area contributed by atoms with Gasteiger partial charge in [0.1, 0.15) is 0 Å². The maximum Gasteiger partial charge on any atom is 0.0273 e. The van der Waals surface area contributed by atoms with E-state index in [1.54, 1.807) is 0 Å². The number of rotatable bonds is 6. The van der Waals surface area contributed by atoms with Crippen LogP contribution in [0, 0.1) is 0 Å². The summed E-state index contributed by atoms with van der Waals surface area (Å²) in [6, 6.07) is 0.546. The first-order chi connectivity index (χ1) is 5.63. The van der Waals surface area contributed by atoms with Crippen molar-refractivity contribution in [3.63, 3.8) is 0 Å². The Morgan fingerprint density at radius 2 is 1.67 bits per heavy atom. The lowest BCUT2D eigenvalue weighted by atomic mass is 10.1. The van der Waals surface area contributed by atoms with Crippen LogP contribution in [0.15, 0.2) is 12.2 Å². The standard InChI is InChI=1S/C11H23N/c1-6-8-12(9-7-2)11(5)10(3)4/h11H,3,6-9H2,1-2,4-5H3/t11-/m0/s1. The van der Waals surface area contributed by atoms with Crippen molar-refractivity contribution in [2.45, 2.75) is 46.6 Å². The highest BCUT2D eigenvalue weighted by Gasteiger charge is 2.11. The zero-order valence-electron chi connectivity index (χ0n) is 9.06. The van der Waals surface area contributed by atoms with E-state index in [1.165, 1.54) is 31.5 Å². The second-order valence-corrected chi connectivity index (χ2v) is 3.56. The Bertz CT molecular complexity index is 123. The third-order valence-electron chi connectivity index (χ3n) is 2.28. The quantitative estimate of drug-likeness (QED) is 0.552. The summed E-state index contributed by atoms with van der Waals surface area (Å²) in [4.78, 5) is 2.50. The third kappa shape index (κ3) is 3.91. The molecule has 0 aromatic heterocycles. The van der Waals surface area contributed by atoms with E-state index >= 15 is 0 Å². The van der Waals surface area contributed by atoms with Gasteiger partial charge in [0.05, 0.1) is 0 Å². The molecule has 0 aliphatic rings. The van der Waals surface area contributed by atoms with Crippen molar-refractivity contribution in [2.75, 3.05) is 13.1 Å². The van der Waals surface area contributed by atoms with Crippen molar-refractivity contribution in [2.24, 2.45) is 0 Å². The molecule has 1 atom stereocenters. The predicted molar refractivity (Wildman–Crippen MR) is 56.4 cm³/mol. The lowest BCUT2D eigenvalue weighted by molar-refractivity contribution is 0.234. The normalized spacial score (nSPS) is 13.4. The van der Waals surface area contributed by atoms with Crippen molar-refractivity contribution in [1.82, 2.24) is 4.90 Å². The van der Waals surface area contributed by atoms with Crippen LogP contribution < -0.4 is 0 Å². The SMILES string of the molecule is C=C(C)[C@H](C)N(CCC)CCC. The van der Waals surface area contributed by atoms with Crippen LogP contribution in [0.1, 0.15) is 40.5 Å². The Morgan fingerprint density at radius 1 is 1.25 bits per heavy atom. The molecule has 0 aliphatic heterocycles. The maximum atomic E-state index is 4.00.